The molecule has 2 aromatic heterocycles. The van der Waals surface area contributed by atoms with Gasteiger partial charge < -0.3 is 15.4 Å². The normalized spacial score (nSPS) is 16.8. The van der Waals surface area contributed by atoms with E-state index in [0.717, 1.165) is 0 Å². The van der Waals surface area contributed by atoms with Gasteiger partial charge in [-0.3, -0.25) is 9.20 Å². The minimum atomic E-state index is -4.38. The second-order valence-electron chi connectivity index (χ2n) is 6.73. The first-order chi connectivity index (χ1) is 13.9. The summed E-state index contributed by atoms with van der Waals surface area (Å²) in [6, 6.07) is 7.56. The van der Waals surface area contributed by atoms with Gasteiger partial charge in [-0.1, -0.05) is 0 Å². The van der Waals surface area contributed by atoms with E-state index < -0.39 is 18.6 Å². The largest absolute Gasteiger partial charge is 0.497 e. The molecule has 1 saturated heterocycles. The molecule has 0 bridgehead atoms. The van der Waals surface area contributed by atoms with Gasteiger partial charge in [-0.2, -0.15) is 13.2 Å². The van der Waals surface area contributed by atoms with Gasteiger partial charge in [0.2, 0.25) is 11.9 Å². The number of fused-ring (bicyclic) bond motifs is 1. The Balaban J connectivity index is 1.78. The van der Waals surface area contributed by atoms with Gasteiger partial charge in [0.25, 0.3) is 0 Å². The van der Waals surface area contributed by atoms with Gasteiger partial charge in [0.1, 0.15) is 17.5 Å². The molecule has 1 fully saturated rings. The summed E-state index contributed by atoms with van der Waals surface area (Å²) in [5, 5.41) is 14.1. The molecule has 3 aromatic rings. The van der Waals surface area contributed by atoms with Crippen LogP contribution < -0.4 is 15.4 Å². The number of carbonyl (C=O) groups excluding carboxylic acids is 1. The summed E-state index contributed by atoms with van der Waals surface area (Å²) in [6.45, 7) is 0.573. The number of carbonyl (C=O) groups is 1. The first-order valence-electron chi connectivity index (χ1n) is 8.98. The maximum absolute atomic E-state index is 13.1. The summed E-state index contributed by atoms with van der Waals surface area (Å²) in [4.78, 5) is 11.8. The lowest BCUT2D eigenvalue weighted by Gasteiger charge is -2.16. The van der Waals surface area contributed by atoms with Crippen molar-refractivity contribution in [2.24, 2.45) is 0 Å². The molecule has 0 aliphatic carbocycles. The van der Waals surface area contributed by atoms with Crippen LogP contribution in [0.4, 0.5) is 19.1 Å². The zero-order chi connectivity index (χ0) is 20.6. The minimum Gasteiger partial charge on any atom is -0.497 e. The Hall–Kier alpha value is -3.30. The summed E-state index contributed by atoms with van der Waals surface area (Å²) >= 11 is 0. The van der Waals surface area contributed by atoms with Crippen LogP contribution in [0.25, 0.3) is 16.8 Å². The Morgan fingerprint density at radius 2 is 2.14 bits per heavy atom. The van der Waals surface area contributed by atoms with E-state index in [2.05, 4.69) is 20.8 Å². The number of methoxy groups -OCH3 is 1. The van der Waals surface area contributed by atoms with Crippen LogP contribution in [0, 0.1) is 0 Å². The highest BCUT2D eigenvalue weighted by molar-refractivity contribution is 5.86. The molecular formula is C19H18F3N5O2. The maximum Gasteiger partial charge on any atom is 0.393 e. The molecule has 0 spiro atoms. The standard InChI is InChI=1S/C19H18F3N5O2/c1-29-12-4-5-13(11(9-12)10-19(20,21)22)16-15-3-2-8-27(15)18(26-25-16)24-14-6-7-23-17(14)28/h2-5,8-9,14H,6-7,10H2,1H3,(H,23,28)(H,24,26). The lowest BCUT2D eigenvalue weighted by atomic mass is 10.0. The third kappa shape index (κ3) is 3.82. The predicted octanol–water partition coefficient (Wildman–Crippen LogP) is 2.81. The molecule has 7 nitrogen and oxygen atoms in total. The SMILES string of the molecule is COc1ccc(-c2nnc(NC3CCNC3=O)n3cccc23)c(CC(F)(F)F)c1. The molecule has 1 aliphatic rings. The summed E-state index contributed by atoms with van der Waals surface area (Å²) in [5.41, 5.74) is 1.27. The van der Waals surface area contributed by atoms with E-state index in [0.29, 0.717) is 41.4 Å². The number of halogens is 3. The Kier molecular flexibility index (Phi) is 4.77. The fourth-order valence-electron chi connectivity index (χ4n) is 3.42. The van der Waals surface area contributed by atoms with Gasteiger partial charge in [0.05, 0.1) is 19.0 Å². The van der Waals surface area contributed by atoms with Crippen LogP contribution in [0.15, 0.2) is 36.5 Å². The van der Waals surface area contributed by atoms with Crippen LogP contribution >= 0.6 is 0 Å². The lowest BCUT2D eigenvalue weighted by Crippen LogP contribution is -2.30. The monoisotopic (exact) mass is 405 g/mol. The average molecular weight is 405 g/mol. The number of nitrogens with zero attached hydrogens (tertiary/aromatic N) is 3. The number of hydrogen-bond acceptors (Lipinski definition) is 5. The predicted molar refractivity (Wildman–Crippen MR) is 99.8 cm³/mol. The zero-order valence-corrected chi connectivity index (χ0v) is 15.5. The molecule has 2 N–H and O–H groups in total. The molecular weight excluding hydrogens is 387 g/mol. The van der Waals surface area contributed by atoms with Crippen molar-refractivity contribution in [3.8, 4) is 17.0 Å². The molecule has 10 heteroatoms. The van der Waals surface area contributed by atoms with E-state index in [4.69, 9.17) is 4.74 Å². The van der Waals surface area contributed by atoms with E-state index in [1.54, 1.807) is 34.9 Å². The van der Waals surface area contributed by atoms with Crippen LogP contribution in [0.5, 0.6) is 5.75 Å². The number of nitrogens with one attached hydrogen (secondary N) is 2. The van der Waals surface area contributed by atoms with E-state index in [1.165, 1.54) is 13.2 Å². The Labute approximate surface area is 163 Å². The van der Waals surface area contributed by atoms with Crippen molar-refractivity contribution in [2.45, 2.75) is 25.1 Å². The number of amides is 1. The molecule has 0 saturated carbocycles. The van der Waals surface area contributed by atoms with Gasteiger partial charge in [-0.15, -0.1) is 10.2 Å². The Morgan fingerprint density at radius 3 is 2.83 bits per heavy atom. The van der Waals surface area contributed by atoms with E-state index in [-0.39, 0.29) is 11.5 Å². The Bertz CT molecular complexity index is 1060. The first kappa shape index (κ1) is 19.0. The average Bonchev–Trinajstić information content (AvgIpc) is 3.31. The maximum atomic E-state index is 13.1. The van der Waals surface area contributed by atoms with Crippen LogP contribution in [0.2, 0.25) is 0 Å². The molecule has 0 radical (unpaired) electrons. The summed E-state index contributed by atoms with van der Waals surface area (Å²) in [5.74, 6) is 0.554. The highest BCUT2D eigenvalue weighted by Crippen LogP contribution is 2.34. The molecule has 1 unspecified atom stereocenters. The molecule has 29 heavy (non-hydrogen) atoms. The number of aromatic nitrogens is 3. The topological polar surface area (TPSA) is 80.6 Å². The number of anilines is 1. The first-order valence-corrected chi connectivity index (χ1v) is 8.98. The minimum absolute atomic E-state index is 0.0464. The fraction of sp³-hybridized carbons (Fsp3) is 0.316. The van der Waals surface area contributed by atoms with Crippen molar-refractivity contribution in [1.29, 1.82) is 0 Å². The quantitative estimate of drug-likeness (QED) is 0.682. The molecule has 1 atom stereocenters. The smallest absolute Gasteiger partial charge is 0.393 e. The van der Waals surface area contributed by atoms with E-state index in [1.807, 2.05) is 0 Å². The van der Waals surface area contributed by atoms with Gasteiger partial charge in [0, 0.05) is 18.3 Å². The van der Waals surface area contributed by atoms with Gasteiger partial charge in [-0.05, 0) is 42.3 Å². The second kappa shape index (κ2) is 7.26. The van der Waals surface area contributed by atoms with Crippen molar-refractivity contribution in [1.82, 2.24) is 19.9 Å². The highest BCUT2D eigenvalue weighted by Gasteiger charge is 2.30. The molecule has 1 aromatic carbocycles. The van der Waals surface area contributed by atoms with Crippen LogP contribution in [-0.4, -0.2) is 46.4 Å². The zero-order valence-electron chi connectivity index (χ0n) is 15.5. The molecule has 152 valence electrons. The Morgan fingerprint density at radius 1 is 1.31 bits per heavy atom. The van der Waals surface area contributed by atoms with Crippen molar-refractivity contribution in [3.63, 3.8) is 0 Å². The van der Waals surface area contributed by atoms with Gasteiger partial charge in [-0.25, -0.2) is 0 Å². The van der Waals surface area contributed by atoms with Crippen molar-refractivity contribution >= 4 is 17.4 Å². The third-order valence-electron chi connectivity index (χ3n) is 4.77. The highest BCUT2D eigenvalue weighted by atomic mass is 19.4. The number of benzene rings is 1. The number of ether oxygens (including phenoxy) is 1. The van der Waals surface area contributed by atoms with Crippen LogP contribution in [-0.2, 0) is 11.2 Å². The molecule has 3 heterocycles. The number of rotatable bonds is 5. The molecule has 1 aliphatic heterocycles. The summed E-state index contributed by atoms with van der Waals surface area (Å²) in [6.07, 6.45) is -3.17. The van der Waals surface area contributed by atoms with Gasteiger partial charge >= 0.3 is 6.18 Å². The van der Waals surface area contributed by atoms with E-state index in [9.17, 15) is 18.0 Å². The third-order valence-corrected chi connectivity index (χ3v) is 4.77. The van der Waals surface area contributed by atoms with Crippen LogP contribution in [0.1, 0.15) is 12.0 Å². The van der Waals surface area contributed by atoms with Gasteiger partial charge in [0.15, 0.2) is 0 Å². The lowest BCUT2D eigenvalue weighted by molar-refractivity contribution is -0.127. The van der Waals surface area contributed by atoms with E-state index >= 15 is 0 Å². The fourth-order valence-corrected chi connectivity index (χ4v) is 3.42. The van der Waals surface area contributed by atoms with Crippen molar-refractivity contribution in [2.75, 3.05) is 19.0 Å². The number of alkyl halides is 3. The van der Waals surface area contributed by atoms with Crippen molar-refractivity contribution < 1.29 is 22.7 Å². The summed E-state index contributed by atoms with van der Waals surface area (Å²) in [7, 11) is 1.40. The number of hydrogen-bond donors (Lipinski definition) is 2. The second-order valence-corrected chi connectivity index (χ2v) is 6.73. The summed E-state index contributed by atoms with van der Waals surface area (Å²) < 4.78 is 46.1. The molecule has 4 rings (SSSR count). The van der Waals surface area contributed by atoms with Crippen LogP contribution in [0.3, 0.4) is 0 Å². The molecule has 1 amide bonds. The van der Waals surface area contributed by atoms with Crippen molar-refractivity contribution in [3.05, 3.63) is 42.1 Å².